The molecule has 0 bridgehead atoms. The van der Waals surface area contributed by atoms with Crippen LogP contribution in [0.25, 0.3) is 0 Å². The van der Waals surface area contributed by atoms with Crippen LogP contribution in [0.3, 0.4) is 0 Å². The quantitative estimate of drug-likeness (QED) is 0.789. The third-order valence-corrected chi connectivity index (χ3v) is 2.86. The first-order valence-electron chi connectivity index (χ1n) is 5.45. The number of nitrogens with two attached hydrogens (primary N) is 1. The van der Waals surface area contributed by atoms with Crippen molar-refractivity contribution < 1.29 is 4.79 Å². The Morgan fingerprint density at radius 3 is 3.11 bits per heavy atom. The Hall–Kier alpha value is -2.30. The Labute approximate surface area is 114 Å². The van der Waals surface area contributed by atoms with E-state index in [-0.39, 0.29) is 12.5 Å². The maximum atomic E-state index is 12.1. The van der Waals surface area contributed by atoms with E-state index in [1.807, 2.05) is 0 Å². The molecule has 0 unspecified atom stereocenters. The van der Waals surface area contributed by atoms with E-state index in [4.69, 9.17) is 5.73 Å². The van der Waals surface area contributed by atoms with Crippen molar-refractivity contribution in [3.8, 4) is 11.8 Å². The molecule has 0 aliphatic rings. The number of nitrogens with zero attached hydrogens (tertiary/aromatic N) is 3. The van der Waals surface area contributed by atoms with Crippen molar-refractivity contribution in [2.45, 2.75) is 6.92 Å². The van der Waals surface area contributed by atoms with E-state index in [0.29, 0.717) is 22.1 Å². The molecule has 1 amide bonds. The zero-order valence-electron chi connectivity index (χ0n) is 10.2. The Morgan fingerprint density at radius 2 is 2.42 bits per heavy atom. The van der Waals surface area contributed by atoms with Gasteiger partial charge in [-0.1, -0.05) is 11.8 Å². The molecule has 2 aromatic heterocycles. The van der Waals surface area contributed by atoms with Crippen molar-refractivity contribution in [1.82, 2.24) is 14.3 Å². The molecule has 6 nitrogen and oxygen atoms in total. The molecular formula is C12H11N5OS. The van der Waals surface area contributed by atoms with Gasteiger partial charge >= 0.3 is 0 Å². The Kier molecular flexibility index (Phi) is 4.18. The minimum atomic E-state index is -0.292. The fourth-order valence-electron chi connectivity index (χ4n) is 1.35. The van der Waals surface area contributed by atoms with Crippen LogP contribution in [0, 0.1) is 18.8 Å². The molecule has 0 atom stereocenters. The van der Waals surface area contributed by atoms with E-state index in [1.165, 1.54) is 12.4 Å². The van der Waals surface area contributed by atoms with Crippen molar-refractivity contribution in [3.63, 3.8) is 0 Å². The van der Waals surface area contributed by atoms with Gasteiger partial charge in [0.25, 0.3) is 5.91 Å². The average Bonchev–Trinajstić information content (AvgIpc) is 2.82. The Bertz CT molecular complexity index is 655. The smallest absolute Gasteiger partial charge is 0.258 e. The van der Waals surface area contributed by atoms with Gasteiger partial charge in [0.1, 0.15) is 5.82 Å². The van der Waals surface area contributed by atoms with Crippen LogP contribution in [-0.2, 0) is 0 Å². The van der Waals surface area contributed by atoms with Gasteiger partial charge in [-0.15, -0.1) is 0 Å². The summed E-state index contributed by atoms with van der Waals surface area (Å²) in [6, 6.07) is 1.60. The van der Waals surface area contributed by atoms with Crippen LogP contribution in [0.4, 0.5) is 5.13 Å². The molecule has 2 heterocycles. The normalized spacial score (nSPS) is 9.58. The van der Waals surface area contributed by atoms with Crippen LogP contribution in [0.2, 0.25) is 0 Å². The largest absolute Gasteiger partial charge is 0.320 e. The number of hydrogen-bond donors (Lipinski definition) is 2. The van der Waals surface area contributed by atoms with E-state index < -0.39 is 0 Å². The fraction of sp³-hybridized carbons (Fsp3) is 0.167. The highest BCUT2D eigenvalue weighted by atomic mass is 32.1. The van der Waals surface area contributed by atoms with Crippen molar-refractivity contribution in [2.24, 2.45) is 5.73 Å². The number of aryl methyl sites for hydroxylation is 1. The first-order valence-corrected chi connectivity index (χ1v) is 6.22. The van der Waals surface area contributed by atoms with Crippen molar-refractivity contribution in [1.29, 1.82) is 0 Å². The van der Waals surface area contributed by atoms with Crippen molar-refractivity contribution in [3.05, 3.63) is 35.4 Å². The third kappa shape index (κ3) is 3.34. The summed E-state index contributed by atoms with van der Waals surface area (Å²) in [5, 5.41) is 3.13. The van der Waals surface area contributed by atoms with Gasteiger partial charge in [-0.3, -0.25) is 15.1 Å². The van der Waals surface area contributed by atoms with Gasteiger partial charge in [0, 0.05) is 23.9 Å². The van der Waals surface area contributed by atoms with Crippen LogP contribution in [-0.4, -0.2) is 26.8 Å². The number of hydrogen-bond acceptors (Lipinski definition) is 6. The van der Waals surface area contributed by atoms with E-state index in [0.717, 1.165) is 11.5 Å². The van der Waals surface area contributed by atoms with Gasteiger partial charge in [-0.25, -0.2) is 4.98 Å². The summed E-state index contributed by atoms with van der Waals surface area (Å²) in [6.07, 6.45) is 3.07. The summed E-state index contributed by atoms with van der Waals surface area (Å²) >= 11 is 1.13. The highest BCUT2D eigenvalue weighted by Gasteiger charge is 2.12. The lowest BCUT2D eigenvalue weighted by Crippen LogP contribution is -2.13. The number of carbonyl (C=O) groups is 1. The summed E-state index contributed by atoms with van der Waals surface area (Å²) in [5.41, 5.74) is 6.29. The molecule has 0 saturated carbocycles. The van der Waals surface area contributed by atoms with Gasteiger partial charge in [0.2, 0.25) is 5.13 Å². The molecule has 0 fully saturated rings. The summed E-state index contributed by atoms with van der Waals surface area (Å²) in [4.78, 5) is 20.1. The molecule has 0 saturated heterocycles. The monoisotopic (exact) mass is 273 g/mol. The highest BCUT2D eigenvalue weighted by Crippen LogP contribution is 2.13. The highest BCUT2D eigenvalue weighted by molar-refractivity contribution is 7.09. The summed E-state index contributed by atoms with van der Waals surface area (Å²) in [7, 11) is 0. The summed E-state index contributed by atoms with van der Waals surface area (Å²) in [6.45, 7) is 1.99. The first-order chi connectivity index (χ1) is 9.20. The number of pyridine rings is 1. The third-order valence-electron chi connectivity index (χ3n) is 2.14. The number of anilines is 1. The molecule has 7 heteroatoms. The summed E-state index contributed by atoms with van der Waals surface area (Å²) in [5.74, 6) is 5.85. The van der Waals surface area contributed by atoms with E-state index >= 15 is 0 Å². The molecule has 0 aromatic carbocycles. The number of aromatic nitrogens is 3. The Morgan fingerprint density at radius 1 is 1.58 bits per heavy atom. The van der Waals surface area contributed by atoms with E-state index in [2.05, 4.69) is 31.5 Å². The fourth-order valence-corrected chi connectivity index (χ4v) is 1.92. The van der Waals surface area contributed by atoms with Crippen LogP contribution >= 0.6 is 11.5 Å². The lowest BCUT2D eigenvalue weighted by atomic mass is 10.1. The molecule has 0 spiro atoms. The average molecular weight is 273 g/mol. The van der Waals surface area contributed by atoms with E-state index in [9.17, 15) is 4.79 Å². The standard InChI is InChI=1S/C12H11N5OS/c1-8-15-12(19-17-8)16-11(18)10-4-6-14-7-9(10)3-2-5-13/h4,6-7H,5,13H2,1H3,(H,15,16,17,18). The molecule has 96 valence electrons. The van der Waals surface area contributed by atoms with Crippen LogP contribution in [0.5, 0.6) is 0 Å². The molecule has 19 heavy (non-hydrogen) atoms. The molecule has 2 rings (SSSR count). The molecular weight excluding hydrogens is 262 g/mol. The maximum absolute atomic E-state index is 12.1. The minimum Gasteiger partial charge on any atom is -0.320 e. The topological polar surface area (TPSA) is 93.8 Å². The van der Waals surface area contributed by atoms with Crippen LogP contribution < -0.4 is 11.1 Å². The molecule has 0 radical (unpaired) electrons. The van der Waals surface area contributed by atoms with Crippen molar-refractivity contribution in [2.75, 3.05) is 11.9 Å². The van der Waals surface area contributed by atoms with Gasteiger partial charge in [-0.2, -0.15) is 4.37 Å². The number of nitrogens with one attached hydrogen (secondary N) is 1. The lowest BCUT2D eigenvalue weighted by Gasteiger charge is -2.03. The van der Waals surface area contributed by atoms with Gasteiger partial charge in [-0.05, 0) is 13.0 Å². The molecule has 3 N–H and O–H groups in total. The minimum absolute atomic E-state index is 0.228. The first kappa shape index (κ1) is 13.1. The van der Waals surface area contributed by atoms with Crippen LogP contribution in [0.15, 0.2) is 18.5 Å². The maximum Gasteiger partial charge on any atom is 0.258 e. The second-order valence-corrected chi connectivity index (χ2v) is 4.28. The zero-order chi connectivity index (χ0) is 13.7. The van der Waals surface area contributed by atoms with Crippen LogP contribution in [0.1, 0.15) is 21.7 Å². The zero-order valence-corrected chi connectivity index (χ0v) is 11.0. The van der Waals surface area contributed by atoms with Gasteiger partial charge in [0.05, 0.1) is 17.7 Å². The number of rotatable bonds is 2. The second kappa shape index (κ2) is 6.04. The second-order valence-electron chi connectivity index (χ2n) is 3.53. The summed E-state index contributed by atoms with van der Waals surface area (Å²) < 4.78 is 3.99. The van der Waals surface area contributed by atoms with Gasteiger partial charge < -0.3 is 5.73 Å². The Balaban J connectivity index is 2.23. The SMILES string of the molecule is Cc1nsc(NC(=O)c2ccncc2C#CCN)n1. The van der Waals surface area contributed by atoms with Crippen molar-refractivity contribution >= 4 is 22.6 Å². The molecule has 0 aliphatic heterocycles. The number of amides is 1. The van der Waals surface area contributed by atoms with E-state index in [1.54, 1.807) is 13.0 Å². The number of carbonyl (C=O) groups excluding carboxylic acids is 1. The lowest BCUT2D eigenvalue weighted by molar-refractivity contribution is 0.102. The predicted octanol–water partition coefficient (Wildman–Crippen LogP) is 0.804. The predicted molar refractivity (Wildman–Crippen MR) is 72.8 cm³/mol. The van der Waals surface area contributed by atoms with Gasteiger partial charge in [0.15, 0.2) is 0 Å². The molecule has 0 aliphatic carbocycles. The molecule has 2 aromatic rings.